The first kappa shape index (κ1) is 15.8. The molecule has 2 unspecified atom stereocenters. The van der Waals surface area contributed by atoms with E-state index in [1.807, 2.05) is 0 Å². The summed E-state index contributed by atoms with van der Waals surface area (Å²) in [5.74, 6) is 2.22. The molecule has 4 rings (SSSR count). The quantitative estimate of drug-likeness (QED) is 0.622. The van der Waals surface area contributed by atoms with E-state index in [9.17, 15) is 0 Å². The summed E-state index contributed by atoms with van der Waals surface area (Å²) in [7, 11) is 0. The second-order valence-electron chi connectivity index (χ2n) is 7.14. The summed E-state index contributed by atoms with van der Waals surface area (Å²) in [6, 6.07) is 0. The first-order chi connectivity index (χ1) is 9.84. The van der Waals surface area contributed by atoms with Crippen molar-refractivity contribution in [1.29, 1.82) is 0 Å². The molecular formula is C20H27Na. The second kappa shape index (κ2) is 6.60. The molecule has 0 bridgehead atoms. The molecule has 0 heterocycles. The van der Waals surface area contributed by atoms with Crippen molar-refractivity contribution in [2.75, 3.05) is 0 Å². The summed E-state index contributed by atoms with van der Waals surface area (Å²) >= 11 is 0. The van der Waals surface area contributed by atoms with Gasteiger partial charge in [-0.1, -0.05) is 42.4 Å². The molecular weight excluding hydrogens is 263 g/mol. The zero-order valence-corrected chi connectivity index (χ0v) is 12.7. The predicted molar refractivity (Wildman–Crippen MR) is 92.6 cm³/mol. The standard InChI is InChI=1S/C20H26.Na.H/c1-14(17-12-10-15-6-2-4-8-19(15)17)18-13-11-16-7-3-5-9-20(16)18;;/h10-14,17-18H,2-9H2,1H3;;. The normalized spacial score (nSPS) is 32.0. The molecule has 4 aliphatic rings. The molecule has 0 amide bonds. The van der Waals surface area contributed by atoms with Crippen LogP contribution in [0.15, 0.2) is 46.6 Å². The van der Waals surface area contributed by atoms with Crippen molar-refractivity contribution in [2.24, 2.45) is 17.8 Å². The molecule has 0 nitrogen and oxygen atoms in total. The molecule has 0 saturated carbocycles. The fourth-order valence-electron chi connectivity index (χ4n) is 4.93. The Hall–Kier alpha value is -0.0400. The third kappa shape index (κ3) is 2.80. The summed E-state index contributed by atoms with van der Waals surface area (Å²) in [5.41, 5.74) is 6.96. The monoisotopic (exact) mass is 290 g/mol. The molecule has 108 valence electrons. The van der Waals surface area contributed by atoms with Crippen molar-refractivity contribution in [3.8, 4) is 0 Å². The molecule has 0 spiro atoms. The summed E-state index contributed by atoms with van der Waals surface area (Å²) in [4.78, 5) is 0. The Morgan fingerprint density at radius 1 is 0.762 bits per heavy atom. The molecule has 0 saturated heterocycles. The van der Waals surface area contributed by atoms with Gasteiger partial charge >= 0.3 is 29.6 Å². The molecule has 1 heteroatoms. The van der Waals surface area contributed by atoms with Crippen molar-refractivity contribution < 1.29 is 0 Å². The molecule has 0 N–H and O–H groups in total. The second-order valence-corrected chi connectivity index (χ2v) is 7.14. The van der Waals surface area contributed by atoms with Gasteiger partial charge in [-0.25, -0.2) is 0 Å². The van der Waals surface area contributed by atoms with Gasteiger partial charge in [-0.2, -0.15) is 0 Å². The zero-order valence-electron chi connectivity index (χ0n) is 12.7. The van der Waals surface area contributed by atoms with Gasteiger partial charge < -0.3 is 0 Å². The van der Waals surface area contributed by atoms with Crippen LogP contribution in [0.2, 0.25) is 0 Å². The van der Waals surface area contributed by atoms with E-state index < -0.39 is 0 Å². The van der Waals surface area contributed by atoms with Crippen LogP contribution < -0.4 is 0 Å². The van der Waals surface area contributed by atoms with Crippen molar-refractivity contribution in [1.82, 2.24) is 0 Å². The maximum absolute atomic E-state index is 2.52. The fraction of sp³-hybridized carbons (Fsp3) is 0.600. The van der Waals surface area contributed by atoms with E-state index in [0.717, 1.165) is 17.8 Å². The van der Waals surface area contributed by atoms with Crippen LogP contribution in [0.25, 0.3) is 0 Å². The van der Waals surface area contributed by atoms with Crippen LogP contribution in [0.4, 0.5) is 0 Å². The van der Waals surface area contributed by atoms with E-state index in [0.29, 0.717) is 0 Å². The van der Waals surface area contributed by atoms with Gasteiger partial charge in [-0.05, 0) is 68.4 Å². The van der Waals surface area contributed by atoms with Crippen LogP contribution in [0.3, 0.4) is 0 Å². The molecule has 0 aromatic carbocycles. The average Bonchev–Trinajstić information content (AvgIpc) is 3.11. The van der Waals surface area contributed by atoms with E-state index in [-0.39, 0.29) is 29.6 Å². The molecule has 0 radical (unpaired) electrons. The van der Waals surface area contributed by atoms with Gasteiger partial charge in [0.05, 0.1) is 0 Å². The summed E-state index contributed by atoms with van der Waals surface area (Å²) in [6.45, 7) is 2.50. The first-order valence-corrected chi connectivity index (χ1v) is 8.65. The maximum atomic E-state index is 2.52. The Balaban J connectivity index is 0.00000132. The van der Waals surface area contributed by atoms with E-state index in [2.05, 4.69) is 31.2 Å². The fourth-order valence-corrected chi connectivity index (χ4v) is 4.93. The van der Waals surface area contributed by atoms with Gasteiger partial charge in [0.25, 0.3) is 0 Å². The molecule has 0 fully saturated rings. The SMILES string of the molecule is CC(C1C=CC2=C1CCCC2)C1C=CC2=C1CCCC2.[NaH]. The Kier molecular flexibility index (Phi) is 4.98. The van der Waals surface area contributed by atoms with Gasteiger partial charge in [0.15, 0.2) is 0 Å². The van der Waals surface area contributed by atoms with Crippen molar-refractivity contribution >= 4 is 29.6 Å². The predicted octanol–water partition coefficient (Wildman–Crippen LogP) is 5.09. The Labute approximate surface area is 151 Å². The molecule has 4 aliphatic carbocycles. The van der Waals surface area contributed by atoms with E-state index >= 15 is 0 Å². The summed E-state index contributed by atoms with van der Waals surface area (Å²) in [6.07, 6.45) is 21.0. The minimum absolute atomic E-state index is 0. The zero-order chi connectivity index (χ0) is 13.5. The van der Waals surface area contributed by atoms with Crippen LogP contribution in [0, 0.1) is 17.8 Å². The number of allylic oxidation sites excluding steroid dienone is 8. The van der Waals surface area contributed by atoms with Crippen LogP contribution in [-0.4, -0.2) is 29.6 Å². The van der Waals surface area contributed by atoms with Gasteiger partial charge in [0.2, 0.25) is 0 Å². The first-order valence-electron chi connectivity index (χ1n) is 8.65. The number of hydrogen-bond acceptors (Lipinski definition) is 0. The molecule has 0 aromatic rings. The van der Waals surface area contributed by atoms with E-state index in [1.54, 1.807) is 22.3 Å². The summed E-state index contributed by atoms with van der Waals surface area (Å²) < 4.78 is 0. The van der Waals surface area contributed by atoms with Gasteiger partial charge in [0, 0.05) is 11.8 Å². The molecule has 0 aromatic heterocycles. The van der Waals surface area contributed by atoms with Gasteiger partial charge in [-0.15, -0.1) is 0 Å². The van der Waals surface area contributed by atoms with Crippen molar-refractivity contribution in [3.05, 3.63) is 46.6 Å². The Morgan fingerprint density at radius 2 is 1.19 bits per heavy atom. The van der Waals surface area contributed by atoms with Crippen LogP contribution in [0.1, 0.15) is 58.3 Å². The number of hydrogen-bond donors (Lipinski definition) is 0. The summed E-state index contributed by atoms with van der Waals surface area (Å²) in [5, 5.41) is 0. The van der Waals surface area contributed by atoms with Crippen molar-refractivity contribution in [3.63, 3.8) is 0 Å². The number of rotatable bonds is 2. The van der Waals surface area contributed by atoms with Gasteiger partial charge in [-0.3, -0.25) is 0 Å². The average molecular weight is 290 g/mol. The van der Waals surface area contributed by atoms with Crippen LogP contribution >= 0.6 is 0 Å². The van der Waals surface area contributed by atoms with Crippen LogP contribution in [-0.2, 0) is 0 Å². The third-order valence-corrected chi connectivity index (χ3v) is 6.06. The Bertz CT molecular complexity index is 484. The van der Waals surface area contributed by atoms with E-state index in [4.69, 9.17) is 0 Å². The van der Waals surface area contributed by atoms with Crippen molar-refractivity contribution in [2.45, 2.75) is 58.3 Å². The molecule has 0 aliphatic heterocycles. The Morgan fingerprint density at radius 3 is 1.67 bits per heavy atom. The third-order valence-electron chi connectivity index (χ3n) is 6.06. The minimum atomic E-state index is 0. The molecule has 2 atom stereocenters. The van der Waals surface area contributed by atoms with E-state index in [1.165, 1.54) is 51.4 Å². The van der Waals surface area contributed by atoms with Gasteiger partial charge in [0.1, 0.15) is 0 Å². The topological polar surface area (TPSA) is 0 Å². The van der Waals surface area contributed by atoms with Crippen LogP contribution in [0.5, 0.6) is 0 Å². The molecule has 21 heavy (non-hydrogen) atoms.